The summed E-state index contributed by atoms with van der Waals surface area (Å²) in [6.45, 7) is 4.37. The average molecular weight is 341 g/mol. The first kappa shape index (κ1) is 15.1. The van der Waals surface area contributed by atoms with Crippen molar-refractivity contribution in [2.45, 2.75) is 19.8 Å². The van der Waals surface area contributed by atoms with Crippen LogP contribution in [0, 0.1) is 0 Å². The van der Waals surface area contributed by atoms with Crippen molar-refractivity contribution >= 4 is 33.0 Å². The quantitative estimate of drug-likeness (QED) is 0.416. The van der Waals surface area contributed by atoms with Crippen LogP contribution in [0.15, 0.2) is 59.3 Å². The van der Waals surface area contributed by atoms with E-state index >= 15 is 0 Å². The lowest BCUT2D eigenvalue weighted by Gasteiger charge is -2.09. The zero-order valence-electron chi connectivity index (χ0n) is 15.0. The van der Waals surface area contributed by atoms with Gasteiger partial charge in [0.05, 0.1) is 11.7 Å². The first-order chi connectivity index (χ1) is 12.6. The Bertz CT molecular complexity index is 1280. The van der Waals surface area contributed by atoms with Gasteiger partial charge >= 0.3 is 0 Å². The molecule has 0 fully saturated rings. The van der Waals surface area contributed by atoms with Crippen LogP contribution in [0.25, 0.3) is 44.4 Å². The maximum Gasteiger partial charge on any atom is 0.140 e. The molecular formula is C22H19N3O. The summed E-state index contributed by atoms with van der Waals surface area (Å²) in [6.07, 6.45) is 3.79. The summed E-state index contributed by atoms with van der Waals surface area (Å²) in [4.78, 5) is 9.24. The second kappa shape index (κ2) is 5.43. The van der Waals surface area contributed by atoms with Gasteiger partial charge in [0.2, 0.25) is 0 Å². The molecule has 0 atom stereocenters. The Hall–Kier alpha value is -3.14. The monoisotopic (exact) mass is 341 g/mol. The van der Waals surface area contributed by atoms with E-state index in [9.17, 15) is 0 Å². The normalized spacial score (nSPS) is 12.0. The molecule has 26 heavy (non-hydrogen) atoms. The van der Waals surface area contributed by atoms with Crippen LogP contribution in [0.2, 0.25) is 0 Å². The van der Waals surface area contributed by atoms with Crippen LogP contribution in [0.5, 0.6) is 0 Å². The second-order valence-corrected chi connectivity index (χ2v) is 7.05. The van der Waals surface area contributed by atoms with Gasteiger partial charge in [0.25, 0.3) is 0 Å². The number of furan rings is 1. The van der Waals surface area contributed by atoms with Gasteiger partial charge in [0, 0.05) is 29.6 Å². The van der Waals surface area contributed by atoms with E-state index in [0.29, 0.717) is 5.92 Å². The van der Waals surface area contributed by atoms with Crippen LogP contribution in [-0.2, 0) is 7.05 Å². The fourth-order valence-electron chi connectivity index (χ4n) is 3.75. The number of rotatable bonds is 2. The van der Waals surface area contributed by atoms with Gasteiger partial charge in [0.15, 0.2) is 0 Å². The molecule has 0 saturated carbocycles. The molecule has 0 unspecified atom stereocenters. The van der Waals surface area contributed by atoms with Crippen molar-refractivity contribution in [2.24, 2.45) is 7.05 Å². The van der Waals surface area contributed by atoms with Gasteiger partial charge in [-0.15, -0.1) is 0 Å². The van der Waals surface area contributed by atoms with Crippen LogP contribution >= 0.6 is 0 Å². The fraction of sp³-hybridized carbons (Fsp3) is 0.182. The molecule has 0 aliphatic rings. The summed E-state index contributed by atoms with van der Waals surface area (Å²) >= 11 is 0. The Morgan fingerprint density at radius 3 is 2.62 bits per heavy atom. The number of aromatic nitrogens is 3. The summed E-state index contributed by atoms with van der Waals surface area (Å²) < 4.78 is 8.12. The Kier molecular flexibility index (Phi) is 3.16. The molecule has 0 N–H and O–H groups in total. The highest BCUT2D eigenvalue weighted by Crippen LogP contribution is 2.34. The molecule has 5 rings (SSSR count). The van der Waals surface area contributed by atoms with E-state index in [2.05, 4.69) is 48.6 Å². The number of fused-ring (bicyclic) bond motifs is 4. The van der Waals surface area contributed by atoms with E-state index in [4.69, 9.17) is 9.40 Å². The smallest absolute Gasteiger partial charge is 0.140 e. The van der Waals surface area contributed by atoms with Crippen molar-refractivity contribution in [3.8, 4) is 11.4 Å². The van der Waals surface area contributed by atoms with Crippen LogP contribution in [0.1, 0.15) is 25.3 Å². The fourth-order valence-corrected chi connectivity index (χ4v) is 3.75. The summed E-state index contributed by atoms with van der Waals surface area (Å²) in [6, 6.07) is 14.4. The van der Waals surface area contributed by atoms with Crippen molar-refractivity contribution < 1.29 is 4.42 Å². The Morgan fingerprint density at radius 1 is 0.962 bits per heavy atom. The lowest BCUT2D eigenvalue weighted by atomic mass is 10.0. The summed E-state index contributed by atoms with van der Waals surface area (Å²) in [5, 5.41) is 2.25. The van der Waals surface area contributed by atoms with E-state index in [0.717, 1.165) is 44.4 Å². The number of benzene rings is 2. The molecule has 0 spiro atoms. The van der Waals surface area contributed by atoms with Crippen molar-refractivity contribution in [1.29, 1.82) is 0 Å². The molecule has 0 bridgehead atoms. The third-order valence-electron chi connectivity index (χ3n) is 5.06. The molecule has 0 aliphatic heterocycles. The molecule has 4 nitrogen and oxygen atoms in total. The van der Waals surface area contributed by atoms with Crippen LogP contribution < -0.4 is 0 Å². The Balaban J connectivity index is 1.78. The minimum atomic E-state index is 0.398. The molecule has 5 aromatic rings. The van der Waals surface area contributed by atoms with Crippen molar-refractivity contribution in [3.63, 3.8) is 0 Å². The standard InChI is InChI=1S/C22H19N3O/c1-13(2)17-11-23-12-18-21(17)25(3)22(24-18)14-8-9-20-16(10-14)15-6-4-5-7-19(15)26-20/h4-13H,1-3H3. The van der Waals surface area contributed by atoms with Gasteiger partial charge in [-0.25, -0.2) is 4.98 Å². The SMILES string of the molecule is CC(C)c1cncc2nc(-c3ccc4oc5ccccc5c4c3)n(C)c12. The number of aryl methyl sites for hydroxylation is 1. The summed E-state index contributed by atoms with van der Waals surface area (Å²) in [5.74, 6) is 1.34. The van der Waals surface area contributed by atoms with Gasteiger partial charge in [-0.05, 0) is 35.7 Å². The van der Waals surface area contributed by atoms with Crippen LogP contribution in [0.3, 0.4) is 0 Å². The first-order valence-electron chi connectivity index (χ1n) is 8.85. The molecule has 0 amide bonds. The molecule has 4 heteroatoms. The van der Waals surface area contributed by atoms with E-state index in [1.807, 2.05) is 36.7 Å². The predicted molar refractivity (Wildman–Crippen MR) is 105 cm³/mol. The highest BCUT2D eigenvalue weighted by molar-refractivity contribution is 6.06. The molecule has 3 aromatic heterocycles. The lowest BCUT2D eigenvalue weighted by molar-refractivity contribution is 0.669. The topological polar surface area (TPSA) is 43.9 Å². The molecule has 0 aliphatic carbocycles. The maximum atomic E-state index is 5.95. The second-order valence-electron chi connectivity index (χ2n) is 7.05. The number of nitrogens with zero attached hydrogens (tertiary/aromatic N) is 3. The highest BCUT2D eigenvalue weighted by atomic mass is 16.3. The minimum Gasteiger partial charge on any atom is -0.456 e. The molecule has 0 saturated heterocycles. The van der Waals surface area contributed by atoms with Crippen LogP contribution in [-0.4, -0.2) is 14.5 Å². The van der Waals surface area contributed by atoms with Gasteiger partial charge < -0.3 is 8.98 Å². The molecule has 3 heterocycles. The zero-order chi connectivity index (χ0) is 17.8. The Labute approximate surface area is 151 Å². The van der Waals surface area contributed by atoms with Crippen LogP contribution in [0.4, 0.5) is 0 Å². The third kappa shape index (κ3) is 2.08. The van der Waals surface area contributed by atoms with Crippen molar-refractivity contribution in [3.05, 3.63) is 60.4 Å². The average Bonchev–Trinajstić information content (AvgIpc) is 3.19. The molecule has 2 aromatic carbocycles. The predicted octanol–water partition coefficient (Wildman–Crippen LogP) is 5.66. The number of para-hydroxylation sites is 1. The number of imidazole rings is 1. The van der Waals surface area contributed by atoms with Crippen molar-refractivity contribution in [2.75, 3.05) is 0 Å². The van der Waals surface area contributed by atoms with E-state index in [1.165, 1.54) is 5.56 Å². The lowest BCUT2D eigenvalue weighted by Crippen LogP contribution is -1.97. The van der Waals surface area contributed by atoms with E-state index in [-0.39, 0.29) is 0 Å². The molecule has 0 radical (unpaired) electrons. The van der Waals surface area contributed by atoms with Gasteiger partial charge in [0.1, 0.15) is 22.5 Å². The largest absolute Gasteiger partial charge is 0.456 e. The van der Waals surface area contributed by atoms with Crippen molar-refractivity contribution in [1.82, 2.24) is 14.5 Å². The third-order valence-corrected chi connectivity index (χ3v) is 5.06. The van der Waals surface area contributed by atoms with Gasteiger partial charge in [-0.1, -0.05) is 32.0 Å². The number of hydrogen-bond donors (Lipinski definition) is 0. The molecule has 128 valence electrons. The van der Waals surface area contributed by atoms with E-state index in [1.54, 1.807) is 0 Å². The maximum absolute atomic E-state index is 5.95. The zero-order valence-corrected chi connectivity index (χ0v) is 15.0. The summed E-state index contributed by atoms with van der Waals surface area (Å²) in [5.41, 5.74) is 6.21. The van der Waals surface area contributed by atoms with E-state index < -0.39 is 0 Å². The highest BCUT2D eigenvalue weighted by Gasteiger charge is 2.16. The summed E-state index contributed by atoms with van der Waals surface area (Å²) in [7, 11) is 2.08. The number of hydrogen-bond acceptors (Lipinski definition) is 3. The number of pyridine rings is 1. The van der Waals surface area contributed by atoms with Gasteiger partial charge in [-0.3, -0.25) is 4.98 Å². The molecular weight excluding hydrogens is 322 g/mol. The minimum absolute atomic E-state index is 0.398. The Morgan fingerprint density at radius 2 is 1.77 bits per heavy atom. The first-order valence-corrected chi connectivity index (χ1v) is 8.85. The van der Waals surface area contributed by atoms with Gasteiger partial charge in [-0.2, -0.15) is 0 Å².